The van der Waals surface area contributed by atoms with Crippen molar-refractivity contribution in [2.75, 3.05) is 52.0 Å². The van der Waals surface area contributed by atoms with Crippen LogP contribution in [0.3, 0.4) is 0 Å². The van der Waals surface area contributed by atoms with Crippen LogP contribution in [0.5, 0.6) is 23.0 Å². The lowest BCUT2D eigenvalue weighted by Gasteiger charge is -2.31. The second-order valence-electron chi connectivity index (χ2n) is 14.5. The number of aliphatic imine (C=N–C) groups is 1. The van der Waals surface area contributed by atoms with E-state index in [-0.39, 0.29) is 47.5 Å². The topological polar surface area (TPSA) is 153 Å². The van der Waals surface area contributed by atoms with Crippen LogP contribution in [-0.4, -0.2) is 115 Å². The van der Waals surface area contributed by atoms with Crippen molar-refractivity contribution >= 4 is 57.1 Å². The minimum atomic E-state index is -1.40. The van der Waals surface area contributed by atoms with Gasteiger partial charge in [-0.2, -0.15) is 0 Å². The molecule has 4 aliphatic rings. The number of nitrogens with zero attached hydrogens (tertiary/aromatic N) is 5. The lowest BCUT2D eigenvalue weighted by Crippen LogP contribution is -2.51. The fourth-order valence-electron chi connectivity index (χ4n) is 7.35. The number of carbonyl (C=O) groups excluding carboxylic acids is 3. The molecular formula is C42H47N5O9S2. The van der Waals surface area contributed by atoms with Crippen LogP contribution in [0.1, 0.15) is 59.7 Å². The van der Waals surface area contributed by atoms with Crippen molar-refractivity contribution in [2.45, 2.75) is 67.6 Å². The molecule has 0 spiro atoms. The first kappa shape index (κ1) is 41.0. The van der Waals surface area contributed by atoms with Gasteiger partial charge in [-0.05, 0) is 74.1 Å². The number of carbonyl (C=O) groups is 3. The Bertz CT molecular complexity index is 2100. The van der Waals surface area contributed by atoms with Crippen molar-refractivity contribution in [3.8, 4) is 23.0 Å². The number of anilines is 1. The van der Waals surface area contributed by atoms with Gasteiger partial charge in [-0.3, -0.25) is 14.6 Å². The summed E-state index contributed by atoms with van der Waals surface area (Å²) in [5, 5.41) is 12.4. The predicted octanol–water partition coefficient (Wildman–Crippen LogP) is 7.09. The molecule has 58 heavy (non-hydrogen) atoms. The summed E-state index contributed by atoms with van der Waals surface area (Å²) < 4.78 is 29.3. The van der Waals surface area contributed by atoms with Gasteiger partial charge in [0.05, 0.1) is 62.0 Å². The number of rotatable bonds is 15. The summed E-state index contributed by atoms with van der Waals surface area (Å²) in [5.41, 5.74) is 3.13. The molecule has 0 radical (unpaired) electrons. The van der Waals surface area contributed by atoms with Crippen LogP contribution in [0.4, 0.5) is 16.2 Å². The van der Waals surface area contributed by atoms with Crippen LogP contribution in [0.25, 0.3) is 0 Å². The van der Waals surface area contributed by atoms with Crippen LogP contribution in [0.15, 0.2) is 83.0 Å². The number of hydrogen-bond donors (Lipinski definition) is 1. The largest absolute Gasteiger partial charge is 0.493 e. The molecule has 3 amide bonds. The number of aliphatic hydroxyl groups excluding tert-OH is 1. The summed E-state index contributed by atoms with van der Waals surface area (Å²) in [6, 6.07) is 11.4. The van der Waals surface area contributed by atoms with E-state index in [9.17, 15) is 19.5 Å². The van der Waals surface area contributed by atoms with E-state index in [4.69, 9.17) is 23.7 Å². The average Bonchev–Trinajstić information content (AvgIpc) is 3.77. The maximum Gasteiger partial charge on any atom is 0.416 e. The number of amides is 3. The smallest absolute Gasteiger partial charge is 0.416 e. The zero-order valence-corrected chi connectivity index (χ0v) is 34.4. The highest BCUT2D eigenvalue weighted by Crippen LogP contribution is 2.43. The molecule has 0 aliphatic carbocycles. The molecule has 0 saturated carbocycles. The molecule has 7 rings (SSSR count). The number of unbranched alkanes of at least 4 members (excludes halogenated alkanes) is 2. The van der Waals surface area contributed by atoms with Crippen LogP contribution in [-0.2, 0) is 4.74 Å². The molecule has 2 unspecified atom stereocenters. The van der Waals surface area contributed by atoms with Crippen LogP contribution < -0.4 is 23.8 Å². The van der Waals surface area contributed by atoms with E-state index in [1.807, 2.05) is 25.1 Å². The zero-order valence-electron chi connectivity index (χ0n) is 32.8. The van der Waals surface area contributed by atoms with Gasteiger partial charge in [-0.15, -0.1) is 0 Å². The molecule has 306 valence electrons. The Morgan fingerprint density at radius 2 is 1.57 bits per heavy atom. The highest BCUT2D eigenvalue weighted by molar-refractivity contribution is 8.76. The minimum Gasteiger partial charge on any atom is -0.493 e. The van der Waals surface area contributed by atoms with E-state index in [0.717, 1.165) is 27.5 Å². The SMILES string of the molecule is C=C1CC2C(O)N(C(=O)OC[C@@H](C)SSc3ccccn3)c3cc(OCCCCCOc4cc5c(cc4OC)C(=O)N4CC(=C)C[C@H]4C=N5)c(OC)cc3C(=O)N2C1. The maximum absolute atomic E-state index is 13.9. The number of benzene rings is 2. The molecule has 2 saturated heterocycles. The van der Waals surface area contributed by atoms with E-state index >= 15 is 0 Å². The number of hydrogen-bond acceptors (Lipinski definition) is 13. The molecular weight excluding hydrogens is 783 g/mol. The normalized spacial score (nSPS) is 20.1. The van der Waals surface area contributed by atoms with E-state index in [1.165, 1.54) is 40.7 Å². The molecule has 5 heterocycles. The number of fused-ring (bicyclic) bond motifs is 4. The summed E-state index contributed by atoms with van der Waals surface area (Å²) >= 11 is 0. The second kappa shape index (κ2) is 18.2. The summed E-state index contributed by atoms with van der Waals surface area (Å²) in [7, 11) is 6.01. The van der Waals surface area contributed by atoms with Crippen LogP contribution in [0.2, 0.25) is 0 Å². The Morgan fingerprint density at radius 3 is 2.28 bits per heavy atom. The van der Waals surface area contributed by atoms with E-state index in [0.29, 0.717) is 79.7 Å². The zero-order chi connectivity index (χ0) is 40.9. The van der Waals surface area contributed by atoms with Crippen molar-refractivity contribution in [3.63, 3.8) is 0 Å². The predicted molar refractivity (Wildman–Crippen MR) is 223 cm³/mol. The molecule has 3 aromatic rings. The van der Waals surface area contributed by atoms with Crippen molar-refractivity contribution in [3.05, 3.63) is 84.1 Å². The van der Waals surface area contributed by atoms with Gasteiger partial charge in [0.15, 0.2) is 29.2 Å². The number of ether oxygens (including phenoxy) is 5. The monoisotopic (exact) mass is 829 g/mol. The van der Waals surface area contributed by atoms with Gasteiger partial charge in [0.25, 0.3) is 11.8 Å². The van der Waals surface area contributed by atoms with Crippen molar-refractivity contribution in [1.82, 2.24) is 14.8 Å². The fourth-order valence-corrected chi connectivity index (χ4v) is 9.22. The van der Waals surface area contributed by atoms with Gasteiger partial charge in [-0.25, -0.2) is 14.7 Å². The molecule has 14 nitrogen and oxygen atoms in total. The average molecular weight is 830 g/mol. The summed E-state index contributed by atoms with van der Waals surface area (Å²) in [6.45, 7) is 11.5. The third kappa shape index (κ3) is 8.78. The Labute approximate surface area is 345 Å². The van der Waals surface area contributed by atoms with Crippen molar-refractivity contribution in [1.29, 1.82) is 0 Å². The quantitative estimate of drug-likeness (QED) is 0.0946. The van der Waals surface area contributed by atoms with E-state index < -0.39 is 18.4 Å². The Hall–Kier alpha value is -5.19. The first-order valence-electron chi connectivity index (χ1n) is 19.1. The summed E-state index contributed by atoms with van der Waals surface area (Å²) in [6.07, 6.45) is 4.48. The molecule has 16 heteroatoms. The Morgan fingerprint density at radius 1 is 0.897 bits per heavy atom. The second-order valence-corrected chi connectivity index (χ2v) is 17.2. The Balaban J connectivity index is 0.982. The maximum atomic E-state index is 13.9. The van der Waals surface area contributed by atoms with E-state index in [2.05, 4.69) is 23.1 Å². The number of methoxy groups -OCH3 is 2. The lowest BCUT2D eigenvalue weighted by molar-refractivity contribution is 0.0491. The summed E-state index contributed by atoms with van der Waals surface area (Å²) in [5.74, 6) is 1.12. The van der Waals surface area contributed by atoms with E-state index in [1.54, 1.807) is 41.6 Å². The highest BCUT2D eigenvalue weighted by Gasteiger charge is 2.46. The number of aliphatic hydroxyl groups is 1. The van der Waals surface area contributed by atoms with Gasteiger partial charge in [0, 0.05) is 42.9 Å². The van der Waals surface area contributed by atoms with Gasteiger partial charge in [0.2, 0.25) is 0 Å². The molecule has 4 aliphatic heterocycles. The van der Waals surface area contributed by atoms with Crippen molar-refractivity contribution < 1.29 is 43.2 Å². The first-order valence-corrected chi connectivity index (χ1v) is 21.3. The molecule has 1 N–H and O–H groups in total. The van der Waals surface area contributed by atoms with Gasteiger partial charge < -0.3 is 38.6 Å². The van der Waals surface area contributed by atoms with Gasteiger partial charge >= 0.3 is 6.09 Å². The van der Waals surface area contributed by atoms with Crippen LogP contribution >= 0.6 is 21.6 Å². The number of aromatic nitrogens is 1. The van der Waals surface area contributed by atoms with Gasteiger partial charge in [0.1, 0.15) is 11.6 Å². The van der Waals surface area contributed by atoms with Gasteiger partial charge in [-0.1, -0.05) is 41.2 Å². The molecule has 4 atom stereocenters. The number of pyridine rings is 1. The Kier molecular flexibility index (Phi) is 12.8. The molecule has 0 bridgehead atoms. The highest BCUT2D eigenvalue weighted by atomic mass is 33.1. The third-order valence-corrected chi connectivity index (χ3v) is 13.0. The third-order valence-electron chi connectivity index (χ3n) is 10.3. The standard InChI is InChI=1S/C42H47N5O9S2/c1-25-15-28-21-44-31-19-36(34(52-4)17-29(31)39(48)45(28)22-25)54-13-9-6-10-14-55-37-20-32-30(18-35(37)53-5)40(49)46-23-26(2)16-33(46)41(50)47(32)42(51)56-24-27(3)57-58-38-11-7-8-12-43-38/h7-8,11-12,17-21,27-28,33,41,50H,1-2,6,9-10,13-16,22-24H2,3-5H3/t27-,28+,33?,41?/m1/s1. The first-order chi connectivity index (χ1) is 28.1. The molecule has 2 fully saturated rings. The molecule has 2 aromatic carbocycles. The summed E-state index contributed by atoms with van der Waals surface area (Å²) in [4.78, 5) is 54.5. The lowest BCUT2D eigenvalue weighted by atomic mass is 10.1. The fraction of sp³-hybridized carbons (Fsp3) is 0.405. The molecule has 1 aromatic heterocycles. The van der Waals surface area contributed by atoms with Crippen LogP contribution in [0, 0.1) is 0 Å². The van der Waals surface area contributed by atoms with Crippen molar-refractivity contribution in [2.24, 2.45) is 4.99 Å². The minimum absolute atomic E-state index is 0.0585.